The van der Waals surface area contributed by atoms with Gasteiger partial charge in [-0.15, -0.1) is 0 Å². The fourth-order valence-corrected chi connectivity index (χ4v) is 2.50. The summed E-state index contributed by atoms with van der Waals surface area (Å²) in [7, 11) is 0. The molecule has 0 aliphatic heterocycles. The van der Waals surface area contributed by atoms with Gasteiger partial charge in [-0.1, -0.05) is 6.92 Å². The smallest absolute Gasteiger partial charge is 0.107 e. The molecule has 1 aromatic heterocycles. The Morgan fingerprint density at radius 1 is 1.62 bits per heavy atom. The molecule has 72 valence electrons. The second-order valence-electron chi connectivity index (χ2n) is 4.20. The minimum atomic E-state index is 0.228. The molecule has 0 amide bonds. The standard InChI is InChI=1S/C11H17NO/c1-7-3-4-10-9(5-6-13-10)11(7)8(2)12/h5-8,11H,3-4,12H2,1-2H3. The van der Waals surface area contributed by atoms with Crippen LogP contribution in [0.1, 0.15) is 37.5 Å². The van der Waals surface area contributed by atoms with E-state index < -0.39 is 0 Å². The van der Waals surface area contributed by atoms with E-state index in [4.69, 9.17) is 10.2 Å². The van der Waals surface area contributed by atoms with Gasteiger partial charge in [0.1, 0.15) is 5.76 Å². The molecule has 2 N–H and O–H groups in total. The van der Waals surface area contributed by atoms with Crippen LogP contribution < -0.4 is 5.73 Å². The zero-order valence-electron chi connectivity index (χ0n) is 8.29. The van der Waals surface area contributed by atoms with Gasteiger partial charge in [-0.05, 0) is 30.9 Å². The lowest BCUT2D eigenvalue weighted by molar-refractivity contribution is 0.336. The molecule has 13 heavy (non-hydrogen) atoms. The van der Waals surface area contributed by atoms with E-state index in [0.717, 1.165) is 12.2 Å². The number of fused-ring (bicyclic) bond motifs is 1. The number of nitrogens with two attached hydrogens (primary N) is 1. The Labute approximate surface area is 79.1 Å². The molecule has 0 saturated carbocycles. The lowest BCUT2D eigenvalue weighted by atomic mass is 9.76. The van der Waals surface area contributed by atoms with Gasteiger partial charge in [-0.25, -0.2) is 0 Å². The second kappa shape index (κ2) is 3.18. The van der Waals surface area contributed by atoms with Crippen LogP contribution in [0.4, 0.5) is 0 Å². The van der Waals surface area contributed by atoms with Gasteiger partial charge in [0.25, 0.3) is 0 Å². The molecule has 3 atom stereocenters. The number of furan rings is 1. The van der Waals surface area contributed by atoms with Crippen LogP contribution in [0.3, 0.4) is 0 Å². The molecule has 0 saturated heterocycles. The average molecular weight is 179 g/mol. The summed E-state index contributed by atoms with van der Waals surface area (Å²) in [5.41, 5.74) is 7.33. The van der Waals surface area contributed by atoms with Crippen molar-refractivity contribution in [3.63, 3.8) is 0 Å². The molecule has 2 rings (SSSR count). The fraction of sp³-hybridized carbons (Fsp3) is 0.636. The van der Waals surface area contributed by atoms with Gasteiger partial charge in [0.15, 0.2) is 0 Å². The van der Waals surface area contributed by atoms with Crippen LogP contribution in [0, 0.1) is 5.92 Å². The van der Waals surface area contributed by atoms with Crippen molar-refractivity contribution in [1.82, 2.24) is 0 Å². The van der Waals surface area contributed by atoms with Gasteiger partial charge in [0.05, 0.1) is 6.26 Å². The maximum Gasteiger partial charge on any atom is 0.107 e. The van der Waals surface area contributed by atoms with Crippen LogP contribution in [-0.4, -0.2) is 6.04 Å². The molecule has 1 heterocycles. The van der Waals surface area contributed by atoms with Crippen molar-refractivity contribution in [2.24, 2.45) is 11.7 Å². The third-order valence-corrected chi connectivity index (χ3v) is 3.15. The predicted molar refractivity (Wildman–Crippen MR) is 52.6 cm³/mol. The van der Waals surface area contributed by atoms with Gasteiger partial charge in [0, 0.05) is 18.4 Å². The second-order valence-corrected chi connectivity index (χ2v) is 4.20. The van der Waals surface area contributed by atoms with E-state index >= 15 is 0 Å². The number of hydrogen-bond donors (Lipinski definition) is 1. The van der Waals surface area contributed by atoms with E-state index in [1.54, 1.807) is 6.26 Å². The SMILES string of the molecule is CC(N)C1c2ccoc2CCC1C. The van der Waals surface area contributed by atoms with Crippen LogP contribution in [0.5, 0.6) is 0 Å². The number of aryl methyl sites for hydroxylation is 1. The minimum absolute atomic E-state index is 0.228. The molecule has 1 aromatic rings. The van der Waals surface area contributed by atoms with Crippen LogP contribution in [0.25, 0.3) is 0 Å². The maximum atomic E-state index is 5.99. The highest BCUT2D eigenvalue weighted by Gasteiger charge is 2.30. The highest BCUT2D eigenvalue weighted by Crippen LogP contribution is 2.38. The van der Waals surface area contributed by atoms with Crippen LogP contribution in [0.2, 0.25) is 0 Å². The van der Waals surface area contributed by atoms with Gasteiger partial charge >= 0.3 is 0 Å². The predicted octanol–water partition coefficient (Wildman–Crippen LogP) is 2.29. The molecule has 2 heteroatoms. The third-order valence-electron chi connectivity index (χ3n) is 3.15. The first kappa shape index (κ1) is 8.82. The Balaban J connectivity index is 2.36. The first-order chi connectivity index (χ1) is 6.20. The number of hydrogen-bond acceptors (Lipinski definition) is 2. The first-order valence-corrected chi connectivity index (χ1v) is 5.02. The molecule has 2 nitrogen and oxygen atoms in total. The molecule has 3 unspecified atom stereocenters. The summed E-state index contributed by atoms with van der Waals surface area (Å²) in [6, 6.07) is 2.31. The van der Waals surface area contributed by atoms with Crippen molar-refractivity contribution in [3.8, 4) is 0 Å². The summed E-state index contributed by atoms with van der Waals surface area (Å²) in [6.07, 6.45) is 4.07. The van der Waals surface area contributed by atoms with Crippen molar-refractivity contribution in [3.05, 3.63) is 23.7 Å². The van der Waals surface area contributed by atoms with E-state index in [-0.39, 0.29) is 6.04 Å². The lowest BCUT2D eigenvalue weighted by Gasteiger charge is -2.31. The zero-order valence-corrected chi connectivity index (χ0v) is 8.29. The van der Waals surface area contributed by atoms with Gasteiger partial charge < -0.3 is 10.2 Å². The molecule has 0 fully saturated rings. The Morgan fingerprint density at radius 3 is 3.08 bits per heavy atom. The van der Waals surface area contributed by atoms with Crippen molar-refractivity contribution in [1.29, 1.82) is 0 Å². The third kappa shape index (κ3) is 1.39. The Hall–Kier alpha value is -0.760. The molecule has 0 bridgehead atoms. The van der Waals surface area contributed by atoms with E-state index in [1.807, 2.05) is 0 Å². The summed E-state index contributed by atoms with van der Waals surface area (Å²) in [5.74, 6) is 2.33. The monoisotopic (exact) mass is 179 g/mol. The van der Waals surface area contributed by atoms with Gasteiger partial charge in [-0.2, -0.15) is 0 Å². The fourth-order valence-electron chi connectivity index (χ4n) is 2.50. The first-order valence-electron chi connectivity index (χ1n) is 5.02. The molecule has 0 spiro atoms. The summed E-state index contributed by atoms with van der Waals surface area (Å²) in [5, 5.41) is 0. The molecule has 0 aromatic carbocycles. The summed E-state index contributed by atoms with van der Waals surface area (Å²) >= 11 is 0. The normalized spacial score (nSPS) is 29.8. The zero-order chi connectivity index (χ0) is 9.42. The van der Waals surface area contributed by atoms with Gasteiger partial charge in [-0.3, -0.25) is 0 Å². The Kier molecular flexibility index (Phi) is 2.16. The topological polar surface area (TPSA) is 39.2 Å². The largest absolute Gasteiger partial charge is 0.469 e. The highest BCUT2D eigenvalue weighted by molar-refractivity contribution is 5.27. The van der Waals surface area contributed by atoms with Crippen molar-refractivity contribution in [2.75, 3.05) is 0 Å². The summed E-state index contributed by atoms with van der Waals surface area (Å²) in [4.78, 5) is 0. The maximum absolute atomic E-state index is 5.99. The molecule has 0 radical (unpaired) electrons. The molecular formula is C11H17NO. The summed E-state index contributed by atoms with van der Waals surface area (Å²) < 4.78 is 5.43. The molecular weight excluding hydrogens is 162 g/mol. The van der Waals surface area contributed by atoms with Crippen LogP contribution in [0.15, 0.2) is 16.7 Å². The van der Waals surface area contributed by atoms with E-state index in [1.165, 1.54) is 12.0 Å². The van der Waals surface area contributed by atoms with Gasteiger partial charge in [0.2, 0.25) is 0 Å². The van der Waals surface area contributed by atoms with E-state index in [2.05, 4.69) is 19.9 Å². The van der Waals surface area contributed by atoms with Crippen molar-refractivity contribution in [2.45, 2.75) is 38.6 Å². The molecule has 1 aliphatic rings. The van der Waals surface area contributed by atoms with Crippen LogP contribution in [-0.2, 0) is 6.42 Å². The molecule has 1 aliphatic carbocycles. The Bertz CT molecular complexity index is 290. The Morgan fingerprint density at radius 2 is 2.38 bits per heavy atom. The summed E-state index contributed by atoms with van der Waals surface area (Å²) in [6.45, 7) is 4.37. The van der Waals surface area contributed by atoms with Crippen molar-refractivity contribution < 1.29 is 4.42 Å². The minimum Gasteiger partial charge on any atom is -0.469 e. The highest BCUT2D eigenvalue weighted by atomic mass is 16.3. The van der Waals surface area contributed by atoms with Crippen LogP contribution >= 0.6 is 0 Å². The van der Waals surface area contributed by atoms with E-state index in [9.17, 15) is 0 Å². The van der Waals surface area contributed by atoms with Crippen molar-refractivity contribution >= 4 is 0 Å². The lowest BCUT2D eigenvalue weighted by Crippen LogP contribution is -2.32. The quantitative estimate of drug-likeness (QED) is 0.718. The van der Waals surface area contributed by atoms with E-state index in [0.29, 0.717) is 11.8 Å². The number of rotatable bonds is 1. The average Bonchev–Trinajstić information content (AvgIpc) is 2.50.